The normalized spacial score (nSPS) is 12.9. The lowest BCUT2D eigenvalue weighted by Crippen LogP contribution is -2.37. The Kier molecular flexibility index (Phi) is 4.75. The van der Waals surface area contributed by atoms with E-state index in [0.29, 0.717) is 0 Å². The van der Waals surface area contributed by atoms with Crippen LogP contribution < -0.4 is 5.73 Å². The fraction of sp³-hybridized carbons (Fsp3) is 0.412. The zero-order chi connectivity index (χ0) is 17.2. The molecule has 0 amide bonds. The van der Waals surface area contributed by atoms with Crippen molar-refractivity contribution in [2.45, 2.75) is 38.8 Å². The Morgan fingerprint density at radius 3 is 2.57 bits per heavy atom. The van der Waals surface area contributed by atoms with Gasteiger partial charge in [-0.15, -0.1) is 0 Å². The first kappa shape index (κ1) is 17.0. The highest BCUT2D eigenvalue weighted by atomic mass is 16.7. The molecule has 6 nitrogen and oxygen atoms in total. The van der Waals surface area contributed by atoms with Crippen molar-refractivity contribution in [3.8, 4) is 0 Å². The number of nitrogens with two attached hydrogens (primary N) is 1. The van der Waals surface area contributed by atoms with Gasteiger partial charge in [0.1, 0.15) is 11.6 Å². The fourth-order valence-electron chi connectivity index (χ4n) is 2.34. The number of aryl methyl sites for hydroxylation is 1. The van der Waals surface area contributed by atoms with Gasteiger partial charge >= 0.3 is 12.1 Å². The Morgan fingerprint density at radius 2 is 1.91 bits per heavy atom. The van der Waals surface area contributed by atoms with Crippen LogP contribution in [0, 0.1) is 0 Å². The number of nitrogens with zero attached hydrogens (tertiary/aromatic N) is 1. The molecule has 0 radical (unpaired) electrons. The van der Waals surface area contributed by atoms with Crippen LogP contribution in [-0.4, -0.2) is 28.3 Å². The molecule has 0 aliphatic carbocycles. The van der Waals surface area contributed by atoms with Gasteiger partial charge in [-0.25, -0.2) is 9.59 Å². The summed E-state index contributed by atoms with van der Waals surface area (Å²) in [6, 6.07) is 6.90. The Labute approximate surface area is 135 Å². The molecule has 2 rings (SSSR count). The summed E-state index contributed by atoms with van der Waals surface area (Å²) in [5, 5.41) is 1.02. The molecule has 2 N–H and O–H groups in total. The van der Waals surface area contributed by atoms with Crippen molar-refractivity contribution in [1.29, 1.82) is 0 Å². The summed E-state index contributed by atoms with van der Waals surface area (Å²) in [6.45, 7) is 5.07. The van der Waals surface area contributed by atoms with Gasteiger partial charge in [-0.2, -0.15) is 0 Å². The number of aromatic nitrogens is 1. The number of carbonyl (C=O) groups is 2. The van der Waals surface area contributed by atoms with E-state index in [4.69, 9.17) is 10.5 Å². The summed E-state index contributed by atoms with van der Waals surface area (Å²) >= 11 is 0. The lowest BCUT2D eigenvalue weighted by Gasteiger charge is -2.19. The third-order valence-electron chi connectivity index (χ3n) is 3.30. The van der Waals surface area contributed by atoms with Crippen molar-refractivity contribution < 1.29 is 19.1 Å². The summed E-state index contributed by atoms with van der Waals surface area (Å²) in [5.41, 5.74) is 7.12. The van der Waals surface area contributed by atoms with Gasteiger partial charge in [-0.3, -0.25) is 0 Å². The molecule has 0 aliphatic heterocycles. The fourth-order valence-corrected chi connectivity index (χ4v) is 2.34. The largest absolute Gasteiger partial charge is 0.516 e. The van der Waals surface area contributed by atoms with Crippen LogP contribution >= 0.6 is 0 Å². The van der Waals surface area contributed by atoms with Crippen LogP contribution in [0.5, 0.6) is 0 Å². The Morgan fingerprint density at radius 1 is 1.26 bits per heavy atom. The maximum Gasteiger partial charge on any atom is 0.516 e. The zero-order valence-electron chi connectivity index (χ0n) is 13.8. The second-order valence-corrected chi connectivity index (χ2v) is 6.48. The van der Waals surface area contributed by atoms with E-state index in [-0.39, 0.29) is 6.42 Å². The molecule has 0 unspecified atom stereocenters. The average Bonchev–Trinajstić information content (AvgIpc) is 2.74. The number of para-hydroxylation sites is 1. The first-order chi connectivity index (χ1) is 10.7. The number of esters is 1. The SMILES string of the molecule is Cn1cc(C[C@@H](N)C(=O)OC(=O)OC(C)(C)C)c2ccccc21. The lowest BCUT2D eigenvalue weighted by atomic mass is 10.1. The summed E-state index contributed by atoms with van der Waals surface area (Å²) in [5.74, 6) is -0.799. The monoisotopic (exact) mass is 318 g/mol. The van der Waals surface area contributed by atoms with Gasteiger partial charge in [0, 0.05) is 30.6 Å². The molecule has 0 bridgehead atoms. The molecule has 0 spiro atoms. The first-order valence-electron chi connectivity index (χ1n) is 7.40. The summed E-state index contributed by atoms with van der Waals surface area (Å²) in [4.78, 5) is 23.4. The van der Waals surface area contributed by atoms with Gasteiger partial charge in [0.25, 0.3) is 0 Å². The van der Waals surface area contributed by atoms with Crippen molar-refractivity contribution in [1.82, 2.24) is 4.57 Å². The molecular weight excluding hydrogens is 296 g/mol. The lowest BCUT2D eigenvalue weighted by molar-refractivity contribution is -0.142. The number of hydrogen-bond donors (Lipinski definition) is 1. The van der Waals surface area contributed by atoms with Crippen LogP contribution in [0.25, 0.3) is 10.9 Å². The molecular formula is C17H22N2O4. The predicted octanol–water partition coefficient (Wildman–Crippen LogP) is 2.53. The number of ether oxygens (including phenoxy) is 2. The van der Waals surface area contributed by atoms with E-state index in [1.165, 1.54) is 0 Å². The Bertz CT molecular complexity index is 728. The van der Waals surface area contributed by atoms with Crippen molar-refractivity contribution in [2.24, 2.45) is 12.8 Å². The molecule has 23 heavy (non-hydrogen) atoms. The van der Waals surface area contributed by atoms with Crippen LogP contribution in [-0.2, 0) is 27.7 Å². The average molecular weight is 318 g/mol. The highest BCUT2D eigenvalue weighted by molar-refractivity contribution is 5.88. The van der Waals surface area contributed by atoms with Crippen molar-refractivity contribution >= 4 is 23.0 Å². The number of fused-ring (bicyclic) bond motifs is 1. The van der Waals surface area contributed by atoms with Crippen LogP contribution in [0.4, 0.5) is 4.79 Å². The second kappa shape index (κ2) is 6.42. The molecule has 2 aromatic rings. The Hall–Kier alpha value is -2.34. The summed E-state index contributed by atoms with van der Waals surface area (Å²) < 4.78 is 11.6. The molecule has 1 atom stereocenters. The topological polar surface area (TPSA) is 83.5 Å². The van der Waals surface area contributed by atoms with Crippen LogP contribution in [0.1, 0.15) is 26.3 Å². The number of hydrogen-bond acceptors (Lipinski definition) is 5. The minimum Gasteiger partial charge on any atom is -0.428 e. The van der Waals surface area contributed by atoms with Gasteiger partial charge < -0.3 is 19.8 Å². The van der Waals surface area contributed by atoms with E-state index in [9.17, 15) is 9.59 Å². The molecule has 124 valence electrons. The van der Waals surface area contributed by atoms with Gasteiger partial charge in [-0.1, -0.05) is 18.2 Å². The molecule has 0 saturated carbocycles. The third-order valence-corrected chi connectivity index (χ3v) is 3.30. The predicted molar refractivity (Wildman–Crippen MR) is 86.9 cm³/mol. The van der Waals surface area contributed by atoms with E-state index >= 15 is 0 Å². The number of carbonyl (C=O) groups excluding carboxylic acids is 2. The highest BCUT2D eigenvalue weighted by Gasteiger charge is 2.24. The third kappa shape index (κ3) is 4.32. The van der Waals surface area contributed by atoms with Gasteiger partial charge in [0.2, 0.25) is 0 Å². The summed E-state index contributed by atoms with van der Waals surface area (Å²) in [7, 11) is 1.93. The van der Waals surface area contributed by atoms with E-state index in [1.54, 1.807) is 20.8 Å². The molecule has 0 saturated heterocycles. The molecule has 1 aromatic carbocycles. The second-order valence-electron chi connectivity index (χ2n) is 6.48. The molecule has 0 fully saturated rings. The van der Waals surface area contributed by atoms with Crippen molar-refractivity contribution in [3.05, 3.63) is 36.0 Å². The van der Waals surface area contributed by atoms with Gasteiger partial charge in [-0.05, 0) is 32.4 Å². The minimum absolute atomic E-state index is 0.281. The molecule has 6 heteroatoms. The smallest absolute Gasteiger partial charge is 0.428 e. The maximum absolute atomic E-state index is 11.9. The van der Waals surface area contributed by atoms with E-state index < -0.39 is 23.8 Å². The minimum atomic E-state index is -1.03. The molecule has 1 heterocycles. The number of rotatable bonds is 3. The molecule has 0 aliphatic rings. The molecule has 1 aromatic heterocycles. The maximum atomic E-state index is 11.9. The van der Waals surface area contributed by atoms with Crippen molar-refractivity contribution in [3.63, 3.8) is 0 Å². The van der Waals surface area contributed by atoms with Crippen LogP contribution in [0.3, 0.4) is 0 Å². The van der Waals surface area contributed by atoms with Crippen molar-refractivity contribution in [2.75, 3.05) is 0 Å². The van der Waals surface area contributed by atoms with Gasteiger partial charge in [0.15, 0.2) is 0 Å². The van der Waals surface area contributed by atoms with E-state index in [1.807, 2.05) is 42.1 Å². The standard InChI is InChI=1S/C17H22N2O4/c1-17(2,3)23-16(21)22-15(20)13(18)9-11-10-19(4)14-8-6-5-7-12(11)14/h5-8,10,13H,9,18H2,1-4H3/t13-/m1/s1. The van der Waals surface area contributed by atoms with Gasteiger partial charge in [0.05, 0.1) is 0 Å². The Balaban J connectivity index is 2.04. The van der Waals surface area contributed by atoms with Crippen LogP contribution in [0.15, 0.2) is 30.5 Å². The first-order valence-corrected chi connectivity index (χ1v) is 7.40. The summed E-state index contributed by atoms with van der Waals surface area (Å²) in [6.07, 6.45) is 1.17. The highest BCUT2D eigenvalue weighted by Crippen LogP contribution is 2.21. The quantitative estimate of drug-likeness (QED) is 0.694. The van der Waals surface area contributed by atoms with E-state index in [2.05, 4.69) is 4.74 Å². The number of benzene rings is 1. The van der Waals surface area contributed by atoms with Crippen LogP contribution in [0.2, 0.25) is 0 Å². The van der Waals surface area contributed by atoms with E-state index in [0.717, 1.165) is 16.5 Å². The zero-order valence-corrected chi connectivity index (χ0v) is 13.8.